The van der Waals surface area contributed by atoms with E-state index in [0.29, 0.717) is 0 Å². The Kier molecular flexibility index (Phi) is 11.6. The molecule has 0 spiro atoms. The van der Waals surface area contributed by atoms with Gasteiger partial charge in [-0.1, -0.05) is 84.3 Å². The molecule has 0 aliphatic carbocycles. The minimum atomic E-state index is 0.243. The maximum absolute atomic E-state index is 3.51. The van der Waals surface area contributed by atoms with Crippen molar-refractivity contribution in [3.63, 3.8) is 0 Å². The van der Waals surface area contributed by atoms with E-state index < -0.39 is 0 Å². The molecule has 0 aromatic heterocycles. The molecular formula is C22H39N. The van der Waals surface area contributed by atoms with Gasteiger partial charge in [0.15, 0.2) is 0 Å². The first-order valence-corrected chi connectivity index (χ1v) is 9.52. The highest BCUT2D eigenvalue weighted by atomic mass is 14.9. The second kappa shape index (κ2) is 12.2. The van der Waals surface area contributed by atoms with Crippen molar-refractivity contribution in [3.8, 4) is 0 Å². The lowest BCUT2D eigenvalue weighted by Crippen LogP contribution is -2.21. The summed E-state index contributed by atoms with van der Waals surface area (Å²) in [7, 11) is 0. The molecule has 1 nitrogen and oxygen atoms in total. The molecule has 0 atom stereocenters. The number of dihydropyridines is 1. The third-order valence-corrected chi connectivity index (χ3v) is 4.66. The molecule has 1 N–H and O–H groups in total. The molecule has 0 amide bonds. The summed E-state index contributed by atoms with van der Waals surface area (Å²) in [6.45, 7) is 16.4. The molecule has 0 aromatic carbocycles. The van der Waals surface area contributed by atoms with E-state index in [1.807, 2.05) is 13.8 Å². The average molecular weight is 318 g/mol. The van der Waals surface area contributed by atoms with Crippen molar-refractivity contribution in [2.24, 2.45) is 5.41 Å². The predicted octanol–water partition coefficient (Wildman–Crippen LogP) is 6.95. The molecule has 0 saturated carbocycles. The van der Waals surface area contributed by atoms with E-state index in [1.54, 1.807) is 0 Å². The second-order valence-corrected chi connectivity index (χ2v) is 6.56. The fourth-order valence-corrected chi connectivity index (χ4v) is 2.41. The van der Waals surface area contributed by atoms with Gasteiger partial charge in [-0.3, -0.25) is 0 Å². The number of nitrogens with one attached hydrogen (secondary N) is 1. The number of hydrogen-bond donors (Lipinski definition) is 1. The normalized spacial score (nSPS) is 15.5. The Morgan fingerprint density at radius 2 is 1.91 bits per heavy atom. The van der Waals surface area contributed by atoms with Crippen molar-refractivity contribution in [2.75, 3.05) is 6.54 Å². The number of allylic oxidation sites excluding steroid dienone is 5. The topological polar surface area (TPSA) is 12.0 Å². The van der Waals surface area contributed by atoms with Crippen LogP contribution in [0.1, 0.15) is 80.6 Å². The van der Waals surface area contributed by atoms with E-state index in [9.17, 15) is 0 Å². The number of rotatable bonds is 8. The lowest BCUT2D eigenvalue weighted by molar-refractivity contribution is 0.426. The molecule has 0 unspecified atom stereocenters. The zero-order chi connectivity index (χ0) is 17.7. The molecular weight excluding hydrogens is 278 g/mol. The lowest BCUT2D eigenvalue weighted by atomic mass is 9.79. The number of hydrogen-bond acceptors (Lipinski definition) is 1. The van der Waals surface area contributed by atoms with Gasteiger partial charge in [0.2, 0.25) is 0 Å². The molecule has 0 fully saturated rings. The van der Waals surface area contributed by atoms with E-state index >= 15 is 0 Å². The van der Waals surface area contributed by atoms with Crippen LogP contribution in [-0.2, 0) is 0 Å². The predicted molar refractivity (Wildman–Crippen MR) is 107 cm³/mol. The largest absolute Gasteiger partial charge is 0.381 e. The second-order valence-electron chi connectivity index (χ2n) is 6.56. The van der Waals surface area contributed by atoms with E-state index in [1.165, 1.54) is 42.5 Å². The average Bonchev–Trinajstić information content (AvgIpc) is 2.60. The highest BCUT2D eigenvalue weighted by Crippen LogP contribution is 2.34. The molecule has 23 heavy (non-hydrogen) atoms. The molecule has 1 aliphatic rings. The maximum atomic E-state index is 3.51. The summed E-state index contributed by atoms with van der Waals surface area (Å²) in [5, 5.41) is 3.51. The van der Waals surface area contributed by atoms with Gasteiger partial charge in [-0.2, -0.15) is 0 Å². The Hall–Kier alpha value is -1.24. The van der Waals surface area contributed by atoms with Crippen LogP contribution < -0.4 is 5.32 Å². The van der Waals surface area contributed by atoms with E-state index in [2.05, 4.69) is 70.3 Å². The minimum absolute atomic E-state index is 0.243. The summed E-state index contributed by atoms with van der Waals surface area (Å²) in [6, 6.07) is 0. The first-order valence-electron chi connectivity index (χ1n) is 9.52. The van der Waals surface area contributed by atoms with Crippen molar-refractivity contribution in [1.29, 1.82) is 0 Å². The Morgan fingerprint density at radius 3 is 2.43 bits per heavy atom. The Balaban J connectivity index is 0.00000232. The molecule has 1 aliphatic heterocycles. The quantitative estimate of drug-likeness (QED) is 0.377. The van der Waals surface area contributed by atoms with Crippen LogP contribution in [0.4, 0.5) is 0 Å². The van der Waals surface area contributed by atoms with Gasteiger partial charge < -0.3 is 5.32 Å². The summed E-state index contributed by atoms with van der Waals surface area (Å²) in [6.07, 6.45) is 17.4. The SMILES string of the molecule is CC.CCCCC/C=C\C(C1=CC=CCN1)=C(/C)C(C)(C)CC. The Bertz CT molecular complexity index is 433. The van der Waals surface area contributed by atoms with Crippen LogP contribution in [0.2, 0.25) is 0 Å². The Labute approximate surface area is 145 Å². The van der Waals surface area contributed by atoms with Gasteiger partial charge in [0.1, 0.15) is 0 Å². The summed E-state index contributed by atoms with van der Waals surface area (Å²) in [5.74, 6) is 0. The number of unbranched alkanes of at least 4 members (excludes halogenated alkanes) is 3. The molecule has 1 rings (SSSR count). The van der Waals surface area contributed by atoms with Gasteiger partial charge in [0.05, 0.1) is 0 Å². The van der Waals surface area contributed by atoms with Crippen LogP contribution >= 0.6 is 0 Å². The third-order valence-electron chi connectivity index (χ3n) is 4.66. The highest BCUT2D eigenvalue weighted by Gasteiger charge is 2.21. The molecule has 0 radical (unpaired) electrons. The van der Waals surface area contributed by atoms with E-state index in [-0.39, 0.29) is 5.41 Å². The van der Waals surface area contributed by atoms with Crippen LogP contribution in [0, 0.1) is 5.41 Å². The van der Waals surface area contributed by atoms with Crippen molar-refractivity contribution in [1.82, 2.24) is 5.32 Å². The van der Waals surface area contributed by atoms with Gasteiger partial charge in [0.25, 0.3) is 0 Å². The monoisotopic (exact) mass is 317 g/mol. The zero-order valence-electron chi connectivity index (χ0n) is 16.6. The van der Waals surface area contributed by atoms with E-state index in [4.69, 9.17) is 0 Å². The summed E-state index contributed by atoms with van der Waals surface area (Å²) in [4.78, 5) is 0. The van der Waals surface area contributed by atoms with Crippen molar-refractivity contribution < 1.29 is 0 Å². The van der Waals surface area contributed by atoms with Crippen LogP contribution in [0.25, 0.3) is 0 Å². The lowest BCUT2D eigenvalue weighted by Gasteiger charge is -2.28. The molecule has 0 bridgehead atoms. The minimum Gasteiger partial charge on any atom is -0.381 e. The molecule has 0 aromatic rings. The first-order chi connectivity index (χ1) is 11.0. The van der Waals surface area contributed by atoms with Gasteiger partial charge in [-0.25, -0.2) is 0 Å². The standard InChI is InChI=1S/C20H33N.C2H6/c1-6-8-9-10-11-14-18(17(3)20(4,5)7-2)19-15-12-13-16-21-19;1-2/h11-15,21H,6-10,16H2,1-5H3;1-2H3/b14-11-,18-17-;. The molecule has 1 heteroatoms. The van der Waals surface area contributed by atoms with Crippen LogP contribution in [0.3, 0.4) is 0 Å². The molecule has 132 valence electrons. The van der Waals surface area contributed by atoms with Crippen LogP contribution in [0.5, 0.6) is 0 Å². The van der Waals surface area contributed by atoms with Crippen molar-refractivity contribution in [3.05, 3.63) is 47.2 Å². The highest BCUT2D eigenvalue weighted by molar-refractivity contribution is 5.46. The maximum Gasteiger partial charge on any atom is 0.0415 e. The fourth-order valence-electron chi connectivity index (χ4n) is 2.41. The van der Waals surface area contributed by atoms with Gasteiger partial charge in [0, 0.05) is 12.2 Å². The smallest absolute Gasteiger partial charge is 0.0415 e. The Morgan fingerprint density at radius 1 is 1.22 bits per heavy atom. The summed E-state index contributed by atoms with van der Waals surface area (Å²) >= 11 is 0. The zero-order valence-corrected chi connectivity index (χ0v) is 16.6. The van der Waals surface area contributed by atoms with Crippen molar-refractivity contribution >= 4 is 0 Å². The third kappa shape index (κ3) is 7.72. The first kappa shape index (κ1) is 21.8. The fraction of sp³-hybridized carbons (Fsp3) is 0.636. The van der Waals surface area contributed by atoms with Gasteiger partial charge in [-0.05, 0) is 43.3 Å². The van der Waals surface area contributed by atoms with Gasteiger partial charge >= 0.3 is 0 Å². The molecule has 0 saturated heterocycles. The van der Waals surface area contributed by atoms with Crippen LogP contribution in [-0.4, -0.2) is 6.54 Å². The molecule has 1 heterocycles. The summed E-state index contributed by atoms with van der Waals surface area (Å²) in [5.41, 5.74) is 4.36. The summed E-state index contributed by atoms with van der Waals surface area (Å²) < 4.78 is 0. The van der Waals surface area contributed by atoms with Gasteiger partial charge in [-0.15, -0.1) is 0 Å². The van der Waals surface area contributed by atoms with Crippen LogP contribution in [0.15, 0.2) is 47.2 Å². The van der Waals surface area contributed by atoms with Crippen molar-refractivity contribution in [2.45, 2.75) is 80.6 Å². The van der Waals surface area contributed by atoms with E-state index in [0.717, 1.165) is 13.0 Å².